The summed E-state index contributed by atoms with van der Waals surface area (Å²) in [5.74, 6) is -2.75. The van der Waals surface area contributed by atoms with Gasteiger partial charge in [-0.1, -0.05) is 12.1 Å². The van der Waals surface area contributed by atoms with E-state index in [2.05, 4.69) is 5.32 Å². The van der Waals surface area contributed by atoms with Crippen LogP contribution in [0.1, 0.15) is 53.6 Å². The van der Waals surface area contributed by atoms with Gasteiger partial charge in [0.1, 0.15) is 11.6 Å². The molecule has 0 atom stereocenters. The first-order valence-electron chi connectivity index (χ1n) is 13.1. The second kappa shape index (κ2) is 9.43. The van der Waals surface area contributed by atoms with E-state index in [1.54, 1.807) is 29.0 Å². The van der Waals surface area contributed by atoms with Gasteiger partial charge in [0.25, 0.3) is 5.91 Å². The van der Waals surface area contributed by atoms with Crippen LogP contribution < -0.4 is 5.32 Å². The third-order valence-corrected chi connectivity index (χ3v) is 8.32. The number of benzene rings is 3. The van der Waals surface area contributed by atoms with Gasteiger partial charge in [-0.2, -0.15) is 13.2 Å². The highest BCUT2D eigenvalue weighted by Gasteiger charge is 2.67. The molecule has 0 saturated heterocycles. The monoisotopic (exact) mass is 568 g/mol. The Bertz CT molecular complexity index is 1650. The number of rotatable bonds is 8. The molecule has 3 aliphatic carbocycles. The van der Waals surface area contributed by atoms with Crippen LogP contribution in [0.15, 0.2) is 66.9 Å². The van der Waals surface area contributed by atoms with Gasteiger partial charge < -0.3 is 15.0 Å². The Hall–Kier alpha value is -4.21. The van der Waals surface area contributed by atoms with Crippen molar-refractivity contribution in [1.29, 1.82) is 0 Å². The SMILES string of the molecule is O=C(O)CCC12CC(NC(=O)c3cc(-c4cc(F)cc(F)c4)cc4ccn(Cc5ccc(C(F)(F)F)cc5)c34)(C1)C2. The van der Waals surface area contributed by atoms with Crippen LogP contribution in [0.5, 0.6) is 0 Å². The number of hydrogen-bond acceptors (Lipinski definition) is 2. The number of carbonyl (C=O) groups excluding carboxylic acids is 1. The van der Waals surface area contributed by atoms with E-state index in [0.717, 1.165) is 18.2 Å². The van der Waals surface area contributed by atoms with Gasteiger partial charge in [-0.05, 0) is 90.3 Å². The van der Waals surface area contributed by atoms with Gasteiger partial charge in [0.05, 0.1) is 16.6 Å². The van der Waals surface area contributed by atoms with Crippen LogP contribution in [-0.2, 0) is 17.5 Å². The quantitative estimate of drug-likeness (QED) is 0.222. The molecular weight excluding hydrogens is 543 g/mol. The number of carboxylic acids is 1. The average Bonchev–Trinajstić information content (AvgIpc) is 3.25. The van der Waals surface area contributed by atoms with Crippen molar-refractivity contribution in [2.24, 2.45) is 5.41 Å². The Labute approximate surface area is 231 Å². The summed E-state index contributed by atoms with van der Waals surface area (Å²) in [6.45, 7) is 0.194. The molecule has 0 spiro atoms. The first kappa shape index (κ1) is 27.0. The van der Waals surface area contributed by atoms with E-state index in [1.807, 2.05) is 0 Å². The van der Waals surface area contributed by atoms with Crippen molar-refractivity contribution in [1.82, 2.24) is 9.88 Å². The molecule has 2 N–H and O–H groups in total. The summed E-state index contributed by atoms with van der Waals surface area (Å²) in [7, 11) is 0. The molecule has 212 valence electrons. The molecule has 0 radical (unpaired) electrons. The summed E-state index contributed by atoms with van der Waals surface area (Å²) in [4.78, 5) is 24.7. The lowest BCUT2D eigenvalue weighted by atomic mass is 9.38. The van der Waals surface area contributed by atoms with Crippen LogP contribution in [0, 0.1) is 17.0 Å². The molecule has 1 amide bonds. The molecule has 3 aromatic carbocycles. The predicted octanol–water partition coefficient (Wildman–Crippen LogP) is 7.17. The molecular formula is C31H25F5N2O3. The van der Waals surface area contributed by atoms with Crippen molar-refractivity contribution in [2.75, 3.05) is 0 Å². The zero-order chi connectivity index (χ0) is 29.2. The Morgan fingerprint density at radius 1 is 0.902 bits per heavy atom. The molecule has 41 heavy (non-hydrogen) atoms. The number of halogens is 5. The summed E-state index contributed by atoms with van der Waals surface area (Å²) in [6, 6.07) is 12.9. The van der Waals surface area contributed by atoms with Crippen LogP contribution in [-0.4, -0.2) is 27.1 Å². The normalized spacial score (nSPS) is 21.3. The highest BCUT2D eigenvalue weighted by molar-refractivity contribution is 6.08. The molecule has 7 rings (SSSR count). The smallest absolute Gasteiger partial charge is 0.416 e. The van der Waals surface area contributed by atoms with Crippen LogP contribution in [0.4, 0.5) is 22.0 Å². The summed E-state index contributed by atoms with van der Waals surface area (Å²) >= 11 is 0. The number of nitrogens with one attached hydrogen (secondary N) is 1. The number of carbonyl (C=O) groups is 2. The number of carboxylic acid groups (broad SMARTS) is 1. The van der Waals surface area contributed by atoms with Gasteiger partial charge in [-0.15, -0.1) is 0 Å². The van der Waals surface area contributed by atoms with Crippen molar-refractivity contribution in [3.63, 3.8) is 0 Å². The molecule has 1 aromatic heterocycles. The van der Waals surface area contributed by atoms with Crippen molar-refractivity contribution >= 4 is 22.8 Å². The largest absolute Gasteiger partial charge is 0.481 e. The molecule has 0 aliphatic heterocycles. The Morgan fingerprint density at radius 2 is 1.54 bits per heavy atom. The zero-order valence-corrected chi connectivity index (χ0v) is 21.7. The van der Waals surface area contributed by atoms with Gasteiger partial charge in [0.2, 0.25) is 0 Å². The molecule has 2 bridgehead atoms. The van der Waals surface area contributed by atoms with Crippen LogP contribution >= 0.6 is 0 Å². The molecule has 0 unspecified atom stereocenters. The number of hydrogen-bond donors (Lipinski definition) is 2. The predicted molar refractivity (Wildman–Crippen MR) is 141 cm³/mol. The second-order valence-corrected chi connectivity index (χ2v) is 11.4. The lowest BCUT2D eigenvalue weighted by molar-refractivity contribution is -0.161. The first-order chi connectivity index (χ1) is 19.3. The van der Waals surface area contributed by atoms with E-state index >= 15 is 0 Å². The number of amides is 1. The Balaban J connectivity index is 1.34. The van der Waals surface area contributed by atoms with Gasteiger partial charge in [0.15, 0.2) is 0 Å². The van der Waals surface area contributed by atoms with Crippen molar-refractivity contribution in [2.45, 2.75) is 50.4 Å². The molecule has 3 saturated carbocycles. The number of alkyl halides is 3. The van der Waals surface area contributed by atoms with Crippen molar-refractivity contribution in [3.05, 3.63) is 95.2 Å². The van der Waals surface area contributed by atoms with Crippen LogP contribution in [0.25, 0.3) is 22.0 Å². The summed E-state index contributed by atoms with van der Waals surface area (Å²) in [6.07, 6.45) is -0.0485. The molecule has 4 aromatic rings. The maximum Gasteiger partial charge on any atom is 0.416 e. The van der Waals surface area contributed by atoms with Gasteiger partial charge >= 0.3 is 12.1 Å². The fraction of sp³-hybridized carbons (Fsp3) is 0.290. The minimum absolute atomic E-state index is 0.0648. The van der Waals surface area contributed by atoms with E-state index in [0.29, 0.717) is 47.7 Å². The number of fused-ring (bicyclic) bond motifs is 1. The third-order valence-electron chi connectivity index (χ3n) is 8.32. The molecule has 1 heterocycles. The van der Waals surface area contributed by atoms with Gasteiger partial charge in [-0.3, -0.25) is 9.59 Å². The minimum Gasteiger partial charge on any atom is -0.481 e. The fourth-order valence-electron chi connectivity index (χ4n) is 6.61. The molecule has 3 aliphatic rings. The summed E-state index contributed by atoms with van der Waals surface area (Å²) < 4.78 is 68.9. The van der Waals surface area contributed by atoms with Crippen LogP contribution in [0.2, 0.25) is 0 Å². The average molecular weight is 569 g/mol. The molecule has 10 heteroatoms. The van der Waals surface area contributed by atoms with Crippen LogP contribution in [0.3, 0.4) is 0 Å². The number of nitrogens with zero attached hydrogens (tertiary/aromatic N) is 1. The highest BCUT2D eigenvalue weighted by atomic mass is 19.4. The number of aliphatic carboxylic acids is 1. The lowest BCUT2D eigenvalue weighted by Crippen LogP contribution is -2.74. The molecule has 3 fully saturated rings. The Kier molecular flexibility index (Phi) is 6.20. The van der Waals surface area contributed by atoms with E-state index in [4.69, 9.17) is 5.11 Å². The summed E-state index contributed by atoms with van der Waals surface area (Å²) in [5, 5.41) is 12.8. The zero-order valence-electron chi connectivity index (χ0n) is 21.7. The van der Waals surface area contributed by atoms with E-state index < -0.39 is 34.9 Å². The maximum absolute atomic E-state index is 14.0. The lowest BCUT2D eigenvalue weighted by Gasteiger charge is -2.71. The third kappa shape index (κ3) is 5.07. The topological polar surface area (TPSA) is 71.3 Å². The van der Waals surface area contributed by atoms with Crippen molar-refractivity contribution in [3.8, 4) is 11.1 Å². The summed E-state index contributed by atoms with van der Waals surface area (Å²) in [5.41, 5.74) is 0.844. The van der Waals surface area contributed by atoms with Gasteiger partial charge in [0, 0.05) is 36.2 Å². The standard InChI is InChI=1S/C31H25F5N2O3/c32-23-10-21(11-24(33)13-23)20-9-19-6-8-38(14-18-1-3-22(4-2-18)31(34,35)36)27(19)25(12-20)28(41)37-30-15-29(16-30,17-30)7-5-26(39)40/h1-4,6,8-13H,5,7,14-17H2,(H,37,41)(H,39,40). The van der Waals surface area contributed by atoms with E-state index in [9.17, 15) is 31.5 Å². The second-order valence-electron chi connectivity index (χ2n) is 11.4. The van der Waals surface area contributed by atoms with E-state index in [1.165, 1.54) is 24.3 Å². The highest BCUT2D eigenvalue weighted by Crippen LogP contribution is 2.69. The first-order valence-corrected chi connectivity index (χ1v) is 13.1. The maximum atomic E-state index is 14.0. The fourth-order valence-corrected chi connectivity index (χ4v) is 6.61. The van der Waals surface area contributed by atoms with Crippen molar-refractivity contribution < 1.29 is 36.6 Å². The number of aromatic nitrogens is 1. The van der Waals surface area contributed by atoms with Gasteiger partial charge in [-0.25, -0.2) is 8.78 Å². The van der Waals surface area contributed by atoms with E-state index in [-0.39, 0.29) is 35.4 Å². The Morgan fingerprint density at radius 3 is 2.15 bits per heavy atom. The molecule has 5 nitrogen and oxygen atoms in total. The minimum atomic E-state index is -4.45.